The Bertz CT molecular complexity index is 1270. The van der Waals surface area contributed by atoms with E-state index in [2.05, 4.69) is 110 Å². The van der Waals surface area contributed by atoms with Gasteiger partial charge >= 0.3 is 0 Å². The van der Waals surface area contributed by atoms with Crippen molar-refractivity contribution in [3.05, 3.63) is 56.5 Å². The summed E-state index contributed by atoms with van der Waals surface area (Å²) in [7, 11) is 0. The predicted molar refractivity (Wildman–Crippen MR) is 243 cm³/mol. The summed E-state index contributed by atoms with van der Waals surface area (Å²) < 4.78 is 2.55. The van der Waals surface area contributed by atoms with E-state index in [4.69, 9.17) is 0 Å². The van der Waals surface area contributed by atoms with Crippen molar-refractivity contribution >= 4 is 53.4 Å². The van der Waals surface area contributed by atoms with E-state index in [1.165, 1.54) is 197 Å². The molecule has 0 aliphatic heterocycles. The summed E-state index contributed by atoms with van der Waals surface area (Å²) in [5, 5.41) is 5.44. The fourth-order valence-electron chi connectivity index (χ4n) is 9.01. The van der Waals surface area contributed by atoms with Crippen LogP contribution in [0.25, 0.3) is 21.5 Å². The summed E-state index contributed by atoms with van der Waals surface area (Å²) in [5.41, 5.74) is 3.11. The summed E-state index contributed by atoms with van der Waals surface area (Å²) in [6, 6.07) is 15.0. The highest BCUT2D eigenvalue weighted by molar-refractivity contribution is 9.11. The van der Waals surface area contributed by atoms with Gasteiger partial charge in [-0.3, -0.25) is 0 Å². The third kappa shape index (κ3) is 15.0. The van der Waals surface area contributed by atoms with Crippen molar-refractivity contribution in [3.63, 3.8) is 0 Å². The lowest BCUT2D eigenvalue weighted by Gasteiger charge is -2.26. The van der Waals surface area contributed by atoms with Gasteiger partial charge in [-0.25, -0.2) is 0 Å². The normalized spacial score (nSPS) is 14.3. The van der Waals surface area contributed by atoms with Crippen LogP contribution >= 0.6 is 31.9 Å². The lowest BCUT2D eigenvalue weighted by atomic mass is 9.79. The van der Waals surface area contributed by atoms with E-state index in [9.17, 15) is 0 Å². The van der Waals surface area contributed by atoms with Gasteiger partial charge in [-0.2, -0.15) is 0 Å². The van der Waals surface area contributed by atoms with E-state index in [0.29, 0.717) is 11.8 Å². The van der Waals surface area contributed by atoms with Crippen LogP contribution in [0.3, 0.4) is 0 Å². The first-order valence-electron chi connectivity index (χ1n) is 22.7. The first kappa shape index (κ1) is 45.5. The van der Waals surface area contributed by atoms with Crippen molar-refractivity contribution in [3.8, 4) is 0 Å². The number of halogens is 2. The lowest BCUT2D eigenvalue weighted by Crippen LogP contribution is -2.11. The molecule has 3 rings (SSSR count). The number of hydrogen-bond acceptors (Lipinski definition) is 0. The van der Waals surface area contributed by atoms with E-state index >= 15 is 0 Å². The molecule has 0 bridgehead atoms. The molecule has 52 heavy (non-hydrogen) atoms. The molecule has 2 heteroatoms. The Kier molecular flexibility index (Phi) is 23.5. The Balaban J connectivity index is 1.88. The number of hydrogen-bond donors (Lipinski definition) is 0. The minimum Gasteiger partial charge on any atom is -0.0654 e. The van der Waals surface area contributed by atoms with Gasteiger partial charge in [-0.1, -0.05) is 220 Å². The molecule has 294 valence electrons. The number of fused-ring (bicyclic) bond motifs is 2. The van der Waals surface area contributed by atoms with Crippen molar-refractivity contribution in [1.29, 1.82) is 0 Å². The minimum atomic E-state index is 0.636. The molecule has 0 N–H and O–H groups in total. The van der Waals surface area contributed by atoms with Crippen LogP contribution in [-0.4, -0.2) is 0 Å². The maximum Gasteiger partial charge on any atom is 0.0333 e. The third-order valence-electron chi connectivity index (χ3n) is 12.5. The van der Waals surface area contributed by atoms with Gasteiger partial charge in [-0.05, 0) is 113 Å². The highest BCUT2D eigenvalue weighted by Gasteiger charge is 2.23. The first-order valence-corrected chi connectivity index (χ1v) is 24.3. The standard InChI is InChI=1S/C50H80Br2/c1-7-11-15-19-21-23-27-31-43(39(5)29-25-17-13-9-3)41-33-35-45-47(37-41)49(51)46-36-34-42(38-48(46)50(45)52)44(40(6)30-26-18-14-10-4)32-28-24-22-20-16-12-8-2/h33-40,43-44H,7-32H2,1-6H3. The van der Waals surface area contributed by atoms with Crippen LogP contribution < -0.4 is 0 Å². The van der Waals surface area contributed by atoms with Gasteiger partial charge in [0.05, 0.1) is 0 Å². The van der Waals surface area contributed by atoms with Crippen molar-refractivity contribution in [2.45, 2.75) is 220 Å². The maximum absolute atomic E-state index is 4.19. The quantitative estimate of drug-likeness (QED) is 0.0463. The Hall–Kier alpha value is -0.860. The highest BCUT2D eigenvalue weighted by Crippen LogP contribution is 2.44. The molecule has 0 radical (unpaired) electrons. The monoisotopic (exact) mass is 838 g/mol. The number of rotatable bonds is 30. The van der Waals surface area contributed by atoms with Gasteiger partial charge in [0.25, 0.3) is 0 Å². The summed E-state index contributed by atoms with van der Waals surface area (Å²) in [4.78, 5) is 0. The molecule has 0 aliphatic rings. The summed E-state index contributed by atoms with van der Waals surface area (Å²) in [6.07, 6.45) is 35.6. The summed E-state index contributed by atoms with van der Waals surface area (Å²) >= 11 is 8.37. The second-order valence-corrected chi connectivity index (χ2v) is 18.5. The molecular formula is C50H80Br2. The van der Waals surface area contributed by atoms with Gasteiger partial charge in [0.15, 0.2) is 0 Å². The van der Waals surface area contributed by atoms with E-state index in [-0.39, 0.29) is 0 Å². The highest BCUT2D eigenvalue weighted by atomic mass is 79.9. The average molecular weight is 841 g/mol. The molecule has 0 saturated heterocycles. The molecule has 0 amide bonds. The fourth-order valence-corrected chi connectivity index (χ4v) is 10.4. The predicted octanol–water partition coefficient (Wildman–Crippen LogP) is 19.2. The molecule has 0 aromatic heterocycles. The Morgan fingerprint density at radius 2 is 0.654 bits per heavy atom. The topological polar surface area (TPSA) is 0 Å². The maximum atomic E-state index is 4.19. The van der Waals surface area contributed by atoms with Crippen LogP contribution in [0, 0.1) is 11.8 Å². The Morgan fingerprint density at radius 3 is 1.00 bits per heavy atom. The number of unbranched alkanes of at least 4 members (excludes halogenated alkanes) is 18. The van der Waals surface area contributed by atoms with E-state index in [1.807, 2.05) is 0 Å². The van der Waals surface area contributed by atoms with Crippen molar-refractivity contribution in [2.24, 2.45) is 11.8 Å². The average Bonchev–Trinajstić information content (AvgIpc) is 3.16. The molecule has 3 aromatic rings. The lowest BCUT2D eigenvalue weighted by molar-refractivity contribution is 0.378. The van der Waals surface area contributed by atoms with Gasteiger partial charge < -0.3 is 0 Å². The molecule has 4 atom stereocenters. The molecule has 0 aliphatic carbocycles. The van der Waals surface area contributed by atoms with Gasteiger partial charge in [0.2, 0.25) is 0 Å². The van der Waals surface area contributed by atoms with Crippen LogP contribution in [0.4, 0.5) is 0 Å². The summed E-state index contributed by atoms with van der Waals surface area (Å²) in [5.74, 6) is 2.71. The molecule has 0 spiro atoms. The van der Waals surface area contributed by atoms with E-state index in [0.717, 1.165) is 11.8 Å². The van der Waals surface area contributed by atoms with Crippen LogP contribution in [0.2, 0.25) is 0 Å². The van der Waals surface area contributed by atoms with E-state index < -0.39 is 0 Å². The third-order valence-corrected chi connectivity index (χ3v) is 14.2. The summed E-state index contributed by atoms with van der Waals surface area (Å²) in [6.45, 7) is 14.4. The Labute approximate surface area is 340 Å². The van der Waals surface area contributed by atoms with Crippen LogP contribution in [0.15, 0.2) is 45.3 Å². The van der Waals surface area contributed by atoms with Gasteiger partial charge in [-0.15, -0.1) is 0 Å². The molecule has 4 unspecified atom stereocenters. The zero-order valence-electron chi connectivity index (χ0n) is 34.9. The molecule has 0 saturated carbocycles. The van der Waals surface area contributed by atoms with Crippen LogP contribution in [0.5, 0.6) is 0 Å². The van der Waals surface area contributed by atoms with Crippen molar-refractivity contribution < 1.29 is 0 Å². The SMILES string of the molecule is CCCCCCCCCC(c1ccc2c(Br)c3cc(C(CCCCCCCCC)C(C)CCCCCC)ccc3c(Br)c2c1)C(C)CCCCCC. The molecular weight excluding hydrogens is 760 g/mol. The smallest absolute Gasteiger partial charge is 0.0333 e. The van der Waals surface area contributed by atoms with Crippen LogP contribution in [0.1, 0.15) is 231 Å². The second kappa shape index (κ2) is 26.9. The van der Waals surface area contributed by atoms with Crippen molar-refractivity contribution in [1.82, 2.24) is 0 Å². The molecule has 0 heterocycles. The van der Waals surface area contributed by atoms with Gasteiger partial charge in [0.1, 0.15) is 0 Å². The largest absolute Gasteiger partial charge is 0.0654 e. The fraction of sp³-hybridized carbons (Fsp3) is 0.720. The van der Waals surface area contributed by atoms with E-state index in [1.54, 1.807) is 11.1 Å². The molecule has 0 fully saturated rings. The zero-order valence-corrected chi connectivity index (χ0v) is 38.1. The number of benzene rings is 3. The first-order chi connectivity index (χ1) is 25.4. The van der Waals surface area contributed by atoms with Crippen LogP contribution in [-0.2, 0) is 0 Å². The minimum absolute atomic E-state index is 0.636. The molecule has 0 nitrogen and oxygen atoms in total. The van der Waals surface area contributed by atoms with Gasteiger partial charge in [0, 0.05) is 8.95 Å². The Morgan fingerprint density at radius 1 is 0.365 bits per heavy atom. The zero-order chi connectivity index (χ0) is 37.6. The second-order valence-electron chi connectivity index (χ2n) is 16.9. The molecule has 3 aromatic carbocycles. The van der Waals surface area contributed by atoms with Crippen molar-refractivity contribution in [2.75, 3.05) is 0 Å².